The second-order valence-electron chi connectivity index (χ2n) is 6.97. The molecule has 0 atom stereocenters. The maximum absolute atomic E-state index is 9.19. The van der Waals surface area contributed by atoms with Crippen molar-refractivity contribution >= 4 is 0 Å². The summed E-state index contributed by atoms with van der Waals surface area (Å²) in [7, 11) is 0. The van der Waals surface area contributed by atoms with E-state index in [0.717, 1.165) is 25.9 Å². The van der Waals surface area contributed by atoms with Crippen molar-refractivity contribution in [2.75, 3.05) is 26.2 Å². The molecule has 112 valence electrons. The zero-order chi connectivity index (χ0) is 14.6. The Balaban J connectivity index is 1.85. The third-order valence-corrected chi connectivity index (χ3v) is 4.85. The van der Waals surface area contributed by atoms with E-state index in [0.29, 0.717) is 12.5 Å². The fraction of sp³-hybridized carbons (Fsp3) is 0.667. The highest BCUT2D eigenvalue weighted by atomic mass is 16.3. The van der Waals surface area contributed by atoms with Crippen LogP contribution in [0.3, 0.4) is 0 Å². The predicted molar refractivity (Wildman–Crippen MR) is 85.1 cm³/mol. The molecule has 20 heavy (non-hydrogen) atoms. The fourth-order valence-corrected chi connectivity index (χ4v) is 2.98. The number of hydrogen-bond donors (Lipinski definition) is 1. The van der Waals surface area contributed by atoms with Gasteiger partial charge in [0, 0.05) is 6.61 Å². The molecule has 2 rings (SSSR count). The molecule has 0 bridgehead atoms. The number of benzene rings is 1. The lowest BCUT2D eigenvalue weighted by atomic mass is 9.81. The standard InChI is InChI=1S/C18H29NO/c1-15-4-6-17(7-5-15)18(2,3)10-13-19-11-8-16(14-20)9-12-19/h4-7,16,20H,8-14H2,1-3H3. The van der Waals surface area contributed by atoms with Crippen LogP contribution in [0.25, 0.3) is 0 Å². The molecule has 2 nitrogen and oxygen atoms in total. The van der Waals surface area contributed by atoms with Crippen LogP contribution in [0.2, 0.25) is 0 Å². The minimum absolute atomic E-state index is 0.238. The van der Waals surface area contributed by atoms with E-state index in [1.807, 2.05) is 0 Å². The van der Waals surface area contributed by atoms with Gasteiger partial charge in [0.15, 0.2) is 0 Å². The normalized spacial score (nSPS) is 18.4. The van der Waals surface area contributed by atoms with Crippen molar-refractivity contribution in [3.8, 4) is 0 Å². The molecule has 1 saturated heterocycles. The molecule has 2 heteroatoms. The topological polar surface area (TPSA) is 23.5 Å². The summed E-state index contributed by atoms with van der Waals surface area (Å²) in [6.07, 6.45) is 3.50. The van der Waals surface area contributed by atoms with Gasteiger partial charge in [-0.1, -0.05) is 43.7 Å². The summed E-state index contributed by atoms with van der Waals surface area (Å²) in [5.74, 6) is 0.538. The van der Waals surface area contributed by atoms with E-state index in [9.17, 15) is 5.11 Å². The zero-order valence-electron chi connectivity index (χ0n) is 13.2. The summed E-state index contributed by atoms with van der Waals surface area (Å²) in [5.41, 5.74) is 3.01. The second-order valence-corrected chi connectivity index (χ2v) is 6.97. The fourth-order valence-electron chi connectivity index (χ4n) is 2.98. The summed E-state index contributed by atoms with van der Waals surface area (Å²) in [6.45, 7) is 10.7. The van der Waals surface area contributed by atoms with Gasteiger partial charge in [-0.05, 0) is 62.7 Å². The van der Waals surface area contributed by atoms with E-state index in [1.54, 1.807) is 0 Å². The molecule has 0 aliphatic carbocycles. The average Bonchev–Trinajstić information content (AvgIpc) is 2.46. The first-order valence-corrected chi connectivity index (χ1v) is 7.91. The summed E-state index contributed by atoms with van der Waals surface area (Å²) in [5, 5.41) is 9.19. The highest BCUT2D eigenvalue weighted by molar-refractivity contribution is 5.27. The summed E-state index contributed by atoms with van der Waals surface area (Å²) >= 11 is 0. The molecule has 1 aliphatic heterocycles. The molecule has 0 spiro atoms. The van der Waals surface area contributed by atoms with Crippen molar-refractivity contribution in [3.05, 3.63) is 35.4 Å². The van der Waals surface area contributed by atoms with Crippen molar-refractivity contribution < 1.29 is 5.11 Å². The molecule has 1 fully saturated rings. The maximum Gasteiger partial charge on any atom is 0.0460 e. The molecule has 1 aromatic carbocycles. The van der Waals surface area contributed by atoms with E-state index in [2.05, 4.69) is 49.9 Å². The third kappa shape index (κ3) is 4.07. The molecular formula is C18H29NO. The monoisotopic (exact) mass is 275 g/mol. The van der Waals surface area contributed by atoms with Crippen molar-refractivity contribution in [2.45, 2.75) is 45.4 Å². The van der Waals surface area contributed by atoms with Crippen molar-refractivity contribution in [3.63, 3.8) is 0 Å². The SMILES string of the molecule is Cc1ccc(C(C)(C)CCN2CCC(CO)CC2)cc1. The Morgan fingerprint density at radius 1 is 1.15 bits per heavy atom. The van der Waals surface area contributed by atoms with Gasteiger partial charge in [-0.2, -0.15) is 0 Å². The second kappa shape index (κ2) is 6.73. The van der Waals surface area contributed by atoms with Gasteiger partial charge in [0.1, 0.15) is 0 Å². The highest BCUT2D eigenvalue weighted by Gasteiger charge is 2.23. The van der Waals surface area contributed by atoms with Gasteiger partial charge in [-0.15, -0.1) is 0 Å². The number of nitrogens with zero attached hydrogens (tertiary/aromatic N) is 1. The number of likely N-dealkylation sites (tertiary alicyclic amines) is 1. The predicted octanol–water partition coefficient (Wildman–Crippen LogP) is 3.37. The lowest BCUT2D eigenvalue weighted by molar-refractivity contribution is 0.126. The summed E-state index contributed by atoms with van der Waals surface area (Å²) in [6, 6.07) is 8.97. The van der Waals surface area contributed by atoms with E-state index in [-0.39, 0.29) is 5.41 Å². The number of aliphatic hydroxyl groups is 1. The highest BCUT2D eigenvalue weighted by Crippen LogP contribution is 2.28. The number of aliphatic hydroxyl groups excluding tert-OH is 1. The largest absolute Gasteiger partial charge is 0.396 e. The lowest BCUT2D eigenvalue weighted by Crippen LogP contribution is -2.37. The first-order valence-electron chi connectivity index (χ1n) is 7.91. The Morgan fingerprint density at radius 2 is 1.75 bits per heavy atom. The van der Waals surface area contributed by atoms with E-state index >= 15 is 0 Å². The van der Waals surface area contributed by atoms with Gasteiger partial charge in [-0.25, -0.2) is 0 Å². The van der Waals surface area contributed by atoms with Crippen LogP contribution in [0.15, 0.2) is 24.3 Å². The van der Waals surface area contributed by atoms with Crippen LogP contribution < -0.4 is 0 Å². The van der Waals surface area contributed by atoms with Gasteiger partial charge >= 0.3 is 0 Å². The molecule has 0 unspecified atom stereocenters. The molecule has 0 radical (unpaired) electrons. The quantitative estimate of drug-likeness (QED) is 0.890. The molecule has 1 aliphatic rings. The van der Waals surface area contributed by atoms with E-state index in [4.69, 9.17) is 0 Å². The van der Waals surface area contributed by atoms with Gasteiger partial charge in [-0.3, -0.25) is 0 Å². The van der Waals surface area contributed by atoms with Crippen molar-refractivity contribution in [1.82, 2.24) is 4.90 Å². The number of hydrogen-bond acceptors (Lipinski definition) is 2. The Labute approximate surface area is 123 Å². The first kappa shape index (κ1) is 15.5. The Bertz CT molecular complexity index is 402. The number of piperidine rings is 1. The summed E-state index contributed by atoms with van der Waals surface area (Å²) < 4.78 is 0. The Morgan fingerprint density at radius 3 is 2.30 bits per heavy atom. The molecule has 0 amide bonds. The minimum atomic E-state index is 0.238. The van der Waals surface area contributed by atoms with Crippen molar-refractivity contribution in [2.24, 2.45) is 5.92 Å². The maximum atomic E-state index is 9.19. The van der Waals surface area contributed by atoms with Gasteiger partial charge in [0.2, 0.25) is 0 Å². The lowest BCUT2D eigenvalue weighted by Gasteiger charge is -2.34. The van der Waals surface area contributed by atoms with Crippen LogP contribution in [0, 0.1) is 12.8 Å². The molecule has 0 aromatic heterocycles. The van der Waals surface area contributed by atoms with Crippen LogP contribution in [0.1, 0.15) is 44.2 Å². The third-order valence-electron chi connectivity index (χ3n) is 4.85. The Hall–Kier alpha value is -0.860. The van der Waals surface area contributed by atoms with Crippen LogP contribution in [0.4, 0.5) is 0 Å². The molecular weight excluding hydrogens is 246 g/mol. The zero-order valence-corrected chi connectivity index (χ0v) is 13.2. The van der Waals surface area contributed by atoms with Crippen LogP contribution in [-0.4, -0.2) is 36.2 Å². The number of rotatable bonds is 5. The molecule has 1 N–H and O–H groups in total. The Kier molecular flexibility index (Phi) is 5.22. The smallest absolute Gasteiger partial charge is 0.0460 e. The van der Waals surface area contributed by atoms with Crippen LogP contribution in [-0.2, 0) is 5.41 Å². The summed E-state index contributed by atoms with van der Waals surface area (Å²) in [4.78, 5) is 2.56. The van der Waals surface area contributed by atoms with E-state index in [1.165, 1.54) is 24.1 Å². The molecule has 1 heterocycles. The van der Waals surface area contributed by atoms with Gasteiger partial charge < -0.3 is 10.0 Å². The number of aryl methyl sites for hydroxylation is 1. The first-order chi connectivity index (χ1) is 9.51. The van der Waals surface area contributed by atoms with Gasteiger partial charge in [0.05, 0.1) is 0 Å². The van der Waals surface area contributed by atoms with Gasteiger partial charge in [0.25, 0.3) is 0 Å². The minimum Gasteiger partial charge on any atom is -0.396 e. The van der Waals surface area contributed by atoms with Crippen LogP contribution in [0.5, 0.6) is 0 Å². The molecule has 1 aromatic rings. The van der Waals surface area contributed by atoms with Crippen molar-refractivity contribution in [1.29, 1.82) is 0 Å². The molecule has 0 saturated carbocycles. The van der Waals surface area contributed by atoms with Crippen LogP contribution >= 0.6 is 0 Å². The average molecular weight is 275 g/mol. The van der Waals surface area contributed by atoms with E-state index < -0.39 is 0 Å².